The molecular formula is C20H35NOS. The van der Waals surface area contributed by atoms with E-state index in [1.54, 1.807) is 0 Å². The molecule has 0 aliphatic rings. The minimum Gasteiger partial charge on any atom is -0.385 e. The molecule has 0 fully saturated rings. The van der Waals surface area contributed by atoms with Crippen LogP contribution in [-0.2, 0) is 5.60 Å². The average Bonchev–Trinajstić information content (AvgIpc) is 2.52. The molecule has 0 spiro atoms. The third-order valence-corrected chi connectivity index (χ3v) is 5.83. The second kappa shape index (κ2) is 9.71. The Balaban J connectivity index is 2.68. The van der Waals surface area contributed by atoms with Crippen molar-refractivity contribution >= 4 is 11.8 Å². The first kappa shape index (κ1) is 20.5. The van der Waals surface area contributed by atoms with E-state index in [2.05, 4.69) is 63.8 Å². The van der Waals surface area contributed by atoms with Gasteiger partial charge in [0, 0.05) is 17.4 Å². The largest absolute Gasteiger partial charge is 0.385 e. The van der Waals surface area contributed by atoms with Gasteiger partial charge in [0.15, 0.2) is 0 Å². The van der Waals surface area contributed by atoms with Gasteiger partial charge in [0.25, 0.3) is 0 Å². The summed E-state index contributed by atoms with van der Waals surface area (Å²) in [4.78, 5) is 3.66. The summed E-state index contributed by atoms with van der Waals surface area (Å²) < 4.78 is 0. The lowest BCUT2D eigenvalue weighted by Gasteiger charge is -2.34. The summed E-state index contributed by atoms with van der Waals surface area (Å²) in [5.41, 5.74) is 0.231. The lowest BCUT2D eigenvalue weighted by Crippen LogP contribution is -2.39. The van der Waals surface area contributed by atoms with Gasteiger partial charge in [0.1, 0.15) is 0 Å². The van der Waals surface area contributed by atoms with Crippen molar-refractivity contribution in [3.05, 3.63) is 29.8 Å². The van der Waals surface area contributed by atoms with Crippen LogP contribution in [0.3, 0.4) is 0 Å². The van der Waals surface area contributed by atoms with Gasteiger partial charge in [-0.1, -0.05) is 46.8 Å². The summed E-state index contributed by atoms with van der Waals surface area (Å²) >= 11 is 1.90. The second-order valence-corrected chi connectivity index (χ2v) is 8.26. The Morgan fingerprint density at radius 3 is 2.13 bits per heavy atom. The first-order valence-electron chi connectivity index (χ1n) is 8.99. The van der Waals surface area contributed by atoms with Crippen LogP contribution in [0.25, 0.3) is 0 Å². The summed E-state index contributed by atoms with van der Waals surface area (Å²) in [5.74, 6) is 2.11. The Hall–Kier alpha value is -0.510. The fourth-order valence-electron chi connectivity index (χ4n) is 2.63. The lowest BCUT2D eigenvalue weighted by atomic mass is 9.83. The van der Waals surface area contributed by atoms with Crippen molar-refractivity contribution in [1.82, 2.24) is 4.90 Å². The number of hydrogen-bond donors (Lipinski definition) is 1. The first-order chi connectivity index (χ1) is 10.8. The Morgan fingerprint density at radius 1 is 1.09 bits per heavy atom. The topological polar surface area (TPSA) is 23.5 Å². The minimum atomic E-state index is -0.788. The standard InChI is InChI=1S/C20H35NOS/c1-7-21(8-2)15-17(5)20(6,22)18-9-11-19(12-10-18)23-14-13-16(3)4/h9-12,16-17,22H,7-8,13-15H2,1-6H3. The molecule has 0 aliphatic carbocycles. The van der Waals surface area contributed by atoms with E-state index in [9.17, 15) is 5.11 Å². The normalized spacial score (nSPS) is 15.9. The van der Waals surface area contributed by atoms with Gasteiger partial charge in [0.2, 0.25) is 0 Å². The molecule has 0 aliphatic heterocycles. The van der Waals surface area contributed by atoms with Gasteiger partial charge >= 0.3 is 0 Å². The zero-order valence-electron chi connectivity index (χ0n) is 15.8. The van der Waals surface area contributed by atoms with E-state index in [4.69, 9.17) is 0 Å². The van der Waals surface area contributed by atoms with Crippen LogP contribution in [0, 0.1) is 11.8 Å². The molecule has 1 rings (SSSR count). The van der Waals surface area contributed by atoms with Gasteiger partial charge in [-0.2, -0.15) is 0 Å². The maximum atomic E-state index is 11.0. The quantitative estimate of drug-likeness (QED) is 0.607. The van der Waals surface area contributed by atoms with Gasteiger partial charge in [-0.05, 0) is 55.8 Å². The molecule has 2 atom stereocenters. The highest BCUT2D eigenvalue weighted by molar-refractivity contribution is 7.99. The van der Waals surface area contributed by atoms with Crippen molar-refractivity contribution in [1.29, 1.82) is 0 Å². The SMILES string of the molecule is CCN(CC)CC(C)C(C)(O)c1ccc(SCCC(C)C)cc1. The number of nitrogens with zero attached hydrogens (tertiary/aromatic N) is 1. The van der Waals surface area contributed by atoms with Crippen molar-refractivity contribution in [2.24, 2.45) is 11.8 Å². The van der Waals surface area contributed by atoms with Crippen molar-refractivity contribution in [2.45, 2.75) is 58.5 Å². The van der Waals surface area contributed by atoms with Crippen molar-refractivity contribution in [3.63, 3.8) is 0 Å². The minimum absolute atomic E-state index is 0.196. The lowest BCUT2D eigenvalue weighted by molar-refractivity contribution is -0.0119. The van der Waals surface area contributed by atoms with E-state index < -0.39 is 5.60 Å². The molecule has 1 N–H and O–H groups in total. The predicted octanol–water partition coefficient (Wildman–Crippen LogP) is 5.01. The van der Waals surface area contributed by atoms with Crippen LogP contribution in [0.15, 0.2) is 29.2 Å². The summed E-state index contributed by atoms with van der Waals surface area (Å²) in [6, 6.07) is 8.49. The van der Waals surface area contributed by atoms with Crippen LogP contribution in [-0.4, -0.2) is 35.4 Å². The average molecular weight is 338 g/mol. The van der Waals surface area contributed by atoms with Crippen LogP contribution in [0.2, 0.25) is 0 Å². The third-order valence-electron chi connectivity index (χ3n) is 4.79. The molecule has 1 aromatic rings. The fraction of sp³-hybridized carbons (Fsp3) is 0.700. The molecule has 0 heterocycles. The molecule has 2 unspecified atom stereocenters. The van der Waals surface area contributed by atoms with Gasteiger partial charge < -0.3 is 10.0 Å². The highest BCUT2D eigenvalue weighted by atomic mass is 32.2. The zero-order valence-corrected chi connectivity index (χ0v) is 16.6. The van der Waals surface area contributed by atoms with Crippen LogP contribution in [0.1, 0.15) is 53.5 Å². The van der Waals surface area contributed by atoms with Gasteiger partial charge in [-0.25, -0.2) is 0 Å². The summed E-state index contributed by atoms with van der Waals surface area (Å²) in [5, 5.41) is 11.0. The van der Waals surface area contributed by atoms with E-state index in [1.165, 1.54) is 11.3 Å². The molecule has 3 heteroatoms. The monoisotopic (exact) mass is 337 g/mol. The predicted molar refractivity (Wildman–Crippen MR) is 103 cm³/mol. The summed E-state index contributed by atoms with van der Waals surface area (Å²) in [7, 11) is 0. The third kappa shape index (κ3) is 6.48. The number of thioether (sulfide) groups is 1. The maximum Gasteiger partial charge on any atom is 0.0906 e. The molecule has 0 saturated heterocycles. The molecule has 132 valence electrons. The summed E-state index contributed by atoms with van der Waals surface area (Å²) in [6.07, 6.45) is 1.24. The van der Waals surface area contributed by atoms with E-state index in [-0.39, 0.29) is 5.92 Å². The van der Waals surface area contributed by atoms with Crippen LogP contribution in [0.5, 0.6) is 0 Å². The molecule has 23 heavy (non-hydrogen) atoms. The number of hydrogen-bond acceptors (Lipinski definition) is 3. The zero-order chi connectivity index (χ0) is 17.5. The van der Waals surface area contributed by atoms with Gasteiger partial charge in [-0.3, -0.25) is 0 Å². The smallest absolute Gasteiger partial charge is 0.0906 e. The highest BCUT2D eigenvalue weighted by Crippen LogP contribution is 2.31. The molecule has 0 bridgehead atoms. The highest BCUT2D eigenvalue weighted by Gasteiger charge is 2.31. The van der Waals surface area contributed by atoms with E-state index >= 15 is 0 Å². The fourth-order valence-corrected chi connectivity index (χ4v) is 3.79. The molecule has 2 nitrogen and oxygen atoms in total. The van der Waals surface area contributed by atoms with Gasteiger partial charge in [0.05, 0.1) is 5.60 Å². The van der Waals surface area contributed by atoms with Crippen molar-refractivity contribution < 1.29 is 5.11 Å². The van der Waals surface area contributed by atoms with E-state index in [0.717, 1.165) is 36.9 Å². The number of aliphatic hydroxyl groups is 1. The first-order valence-corrected chi connectivity index (χ1v) is 9.97. The van der Waals surface area contributed by atoms with Crippen LogP contribution >= 0.6 is 11.8 Å². The van der Waals surface area contributed by atoms with Gasteiger partial charge in [-0.15, -0.1) is 11.8 Å². The molecule has 0 amide bonds. The molecule has 0 radical (unpaired) electrons. The Labute approximate surface area is 147 Å². The number of benzene rings is 1. The van der Waals surface area contributed by atoms with E-state index in [0.29, 0.717) is 0 Å². The Bertz CT molecular complexity index is 437. The van der Waals surface area contributed by atoms with Crippen molar-refractivity contribution in [2.75, 3.05) is 25.4 Å². The maximum absolute atomic E-state index is 11.0. The molecular weight excluding hydrogens is 302 g/mol. The molecule has 0 saturated carbocycles. The molecule has 1 aromatic carbocycles. The van der Waals surface area contributed by atoms with Crippen LogP contribution < -0.4 is 0 Å². The Morgan fingerprint density at radius 2 is 1.65 bits per heavy atom. The molecule has 0 aromatic heterocycles. The second-order valence-electron chi connectivity index (χ2n) is 7.09. The Kier molecular flexibility index (Phi) is 8.66. The van der Waals surface area contributed by atoms with Crippen molar-refractivity contribution in [3.8, 4) is 0 Å². The van der Waals surface area contributed by atoms with E-state index in [1.807, 2.05) is 18.7 Å². The van der Waals surface area contributed by atoms with Crippen LogP contribution in [0.4, 0.5) is 0 Å². The number of rotatable bonds is 10. The summed E-state index contributed by atoms with van der Waals surface area (Å²) in [6.45, 7) is 15.9.